The summed E-state index contributed by atoms with van der Waals surface area (Å²) >= 11 is 1.88. The minimum Gasteiger partial charge on any atom is -0.466 e. The van der Waals surface area contributed by atoms with Gasteiger partial charge in [0.05, 0.1) is 12.5 Å². The largest absolute Gasteiger partial charge is 0.466 e. The van der Waals surface area contributed by atoms with Gasteiger partial charge in [0.1, 0.15) is 0 Å². The molecular weight excluding hydrogens is 232 g/mol. The molecule has 17 heavy (non-hydrogen) atoms. The molecule has 0 aromatic heterocycles. The van der Waals surface area contributed by atoms with Gasteiger partial charge in [-0.3, -0.25) is 4.79 Å². The smallest absolute Gasteiger partial charge is 0.310 e. The molecule has 0 aliphatic heterocycles. The maximum Gasteiger partial charge on any atom is 0.310 e. The van der Waals surface area contributed by atoms with Crippen molar-refractivity contribution in [2.75, 3.05) is 6.61 Å². The Labute approximate surface area is 107 Å². The molecule has 0 bridgehead atoms. The fraction of sp³-hybridized carbons (Fsp3) is 0.500. The number of carbonyl (C=O) groups excluding carboxylic acids is 1. The van der Waals surface area contributed by atoms with Gasteiger partial charge in [-0.15, -0.1) is 0 Å². The molecule has 0 amide bonds. The van der Waals surface area contributed by atoms with Crippen LogP contribution in [0, 0.1) is 5.92 Å². The number of carbonyl (C=O) groups is 1. The molecule has 0 radical (unpaired) electrons. The SMILES string of the molecule is CCOC(=O)[C@@H]1CC[C@H]1SCc1ccccc1. The summed E-state index contributed by atoms with van der Waals surface area (Å²) in [6, 6.07) is 10.4. The summed E-state index contributed by atoms with van der Waals surface area (Å²) in [5.41, 5.74) is 1.33. The van der Waals surface area contributed by atoms with Crippen molar-refractivity contribution < 1.29 is 9.53 Å². The number of hydrogen-bond donors (Lipinski definition) is 0. The predicted molar refractivity (Wildman–Crippen MR) is 70.9 cm³/mol. The molecule has 3 heteroatoms. The number of benzene rings is 1. The molecule has 0 N–H and O–H groups in total. The van der Waals surface area contributed by atoms with Crippen molar-refractivity contribution in [2.45, 2.75) is 30.8 Å². The summed E-state index contributed by atoms with van der Waals surface area (Å²) in [6.45, 7) is 2.36. The van der Waals surface area contributed by atoms with Gasteiger partial charge in [-0.05, 0) is 25.3 Å². The van der Waals surface area contributed by atoms with Crippen LogP contribution in [0.1, 0.15) is 25.3 Å². The van der Waals surface area contributed by atoms with Gasteiger partial charge in [-0.25, -0.2) is 0 Å². The summed E-state index contributed by atoms with van der Waals surface area (Å²) in [7, 11) is 0. The third-order valence-corrected chi connectivity index (χ3v) is 4.60. The molecule has 0 unspecified atom stereocenters. The van der Waals surface area contributed by atoms with Crippen molar-refractivity contribution in [2.24, 2.45) is 5.92 Å². The topological polar surface area (TPSA) is 26.3 Å². The van der Waals surface area contributed by atoms with Crippen molar-refractivity contribution in [3.8, 4) is 0 Å². The van der Waals surface area contributed by atoms with Gasteiger partial charge in [-0.2, -0.15) is 11.8 Å². The number of thioether (sulfide) groups is 1. The van der Waals surface area contributed by atoms with Crippen molar-refractivity contribution in [3.05, 3.63) is 35.9 Å². The Morgan fingerprint density at radius 1 is 1.35 bits per heavy atom. The zero-order chi connectivity index (χ0) is 12.1. The van der Waals surface area contributed by atoms with Crippen LogP contribution in [0.25, 0.3) is 0 Å². The Balaban J connectivity index is 1.78. The lowest BCUT2D eigenvalue weighted by Crippen LogP contribution is -2.36. The molecule has 2 nitrogen and oxygen atoms in total. The molecule has 0 saturated heterocycles. The van der Waals surface area contributed by atoms with Gasteiger partial charge in [0.25, 0.3) is 0 Å². The van der Waals surface area contributed by atoms with Gasteiger partial charge in [-0.1, -0.05) is 30.3 Å². The maximum atomic E-state index is 11.6. The maximum absolute atomic E-state index is 11.6. The van der Waals surface area contributed by atoms with Crippen molar-refractivity contribution in [3.63, 3.8) is 0 Å². The highest BCUT2D eigenvalue weighted by Crippen LogP contribution is 2.39. The highest BCUT2D eigenvalue weighted by atomic mass is 32.2. The zero-order valence-corrected chi connectivity index (χ0v) is 10.9. The molecule has 1 fully saturated rings. The summed E-state index contributed by atoms with van der Waals surface area (Å²) in [5, 5.41) is 0.453. The third-order valence-electron chi connectivity index (χ3n) is 3.11. The van der Waals surface area contributed by atoms with Crippen LogP contribution in [0.5, 0.6) is 0 Å². The minimum atomic E-state index is -0.00990. The van der Waals surface area contributed by atoms with Crippen molar-refractivity contribution in [1.82, 2.24) is 0 Å². The second kappa shape index (κ2) is 6.10. The monoisotopic (exact) mass is 250 g/mol. The van der Waals surface area contributed by atoms with E-state index in [2.05, 4.69) is 24.3 Å². The van der Waals surface area contributed by atoms with Gasteiger partial charge in [0.15, 0.2) is 0 Å². The molecule has 2 rings (SSSR count). The molecule has 1 saturated carbocycles. The van der Waals surface area contributed by atoms with E-state index in [1.165, 1.54) is 5.56 Å². The Morgan fingerprint density at radius 3 is 2.71 bits per heavy atom. The van der Waals surface area contributed by atoms with Gasteiger partial charge >= 0.3 is 5.97 Å². The first-order chi connectivity index (χ1) is 8.31. The normalized spacial score (nSPS) is 22.9. The van der Waals surface area contributed by atoms with E-state index in [9.17, 15) is 4.79 Å². The van der Waals surface area contributed by atoms with Gasteiger partial charge < -0.3 is 4.74 Å². The van der Waals surface area contributed by atoms with Crippen LogP contribution in [-0.4, -0.2) is 17.8 Å². The summed E-state index contributed by atoms with van der Waals surface area (Å²) in [6.07, 6.45) is 2.13. The van der Waals surface area contributed by atoms with Crippen molar-refractivity contribution >= 4 is 17.7 Å². The highest BCUT2D eigenvalue weighted by molar-refractivity contribution is 7.99. The number of rotatable bonds is 5. The number of ether oxygens (including phenoxy) is 1. The van der Waals surface area contributed by atoms with E-state index in [1.807, 2.05) is 24.8 Å². The van der Waals surface area contributed by atoms with Crippen LogP contribution in [0.3, 0.4) is 0 Å². The average molecular weight is 250 g/mol. The molecule has 1 aromatic carbocycles. The summed E-state index contributed by atoms with van der Waals surface area (Å²) in [4.78, 5) is 11.6. The standard InChI is InChI=1S/C14H18O2S/c1-2-16-14(15)12-8-9-13(12)17-10-11-6-4-3-5-7-11/h3-7,12-13H,2,8-10H2,1H3/t12-,13-/m1/s1. The molecular formula is C14H18O2S. The first-order valence-electron chi connectivity index (χ1n) is 6.13. The van der Waals surface area contributed by atoms with Crippen LogP contribution >= 0.6 is 11.8 Å². The van der Waals surface area contributed by atoms with Crippen LogP contribution in [-0.2, 0) is 15.3 Å². The summed E-state index contributed by atoms with van der Waals surface area (Å²) < 4.78 is 5.08. The molecule has 2 atom stereocenters. The first-order valence-corrected chi connectivity index (χ1v) is 7.18. The molecule has 0 heterocycles. The quantitative estimate of drug-likeness (QED) is 0.750. The Hall–Kier alpha value is -0.960. The zero-order valence-electron chi connectivity index (χ0n) is 10.1. The number of esters is 1. The molecule has 1 aliphatic carbocycles. The van der Waals surface area contributed by atoms with E-state index in [0.717, 1.165) is 18.6 Å². The van der Waals surface area contributed by atoms with E-state index >= 15 is 0 Å². The summed E-state index contributed by atoms with van der Waals surface area (Å²) in [5.74, 6) is 1.11. The highest BCUT2D eigenvalue weighted by Gasteiger charge is 2.37. The minimum absolute atomic E-state index is 0.00990. The van der Waals surface area contributed by atoms with E-state index in [4.69, 9.17) is 4.74 Å². The molecule has 1 aliphatic rings. The number of hydrogen-bond acceptors (Lipinski definition) is 3. The van der Waals surface area contributed by atoms with Crippen LogP contribution in [0.15, 0.2) is 30.3 Å². The molecule has 0 spiro atoms. The predicted octanol–water partition coefficient (Wildman–Crippen LogP) is 3.26. The van der Waals surface area contributed by atoms with E-state index in [0.29, 0.717) is 11.9 Å². The van der Waals surface area contributed by atoms with E-state index in [-0.39, 0.29) is 11.9 Å². The van der Waals surface area contributed by atoms with Crippen LogP contribution in [0.4, 0.5) is 0 Å². The second-order valence-electron chi connectivity index (χ2n) is 4.27. The lowest BCUT2D eigenvalue weighted by molar-refractivity contribution is -0.150. The van der Waals surface area contributed by atoms with E-state index in [1.54, 1.807) is 0 Å². The average Bonchev–Trinajstić information content (AvgIpc) is 2.29. The second-order valence-corrected chi connectivity index (χ2v) is 5.50. The molecule has 1 aromatic rings. The van der Waals surface area contributed by atoms with Crippen molar-refractivity contribution in [1.29, 1.82) is 0 Å². The first kappa shape index (κ1) is 12.5. The molecule has 92 valence electrons. The Kier molecular flexibility index (Phi) is 4.49. The fourth-order valence-corrected chi connectivity index (χ4v) is 3.35. The van der Waals surface area contributed by atoms with E-state index < -0.39 is 0 Å². The fourth-order valence-electron chi connectivity index (χ4n) is 1.97. The van der Waals surface area contributed by atoms with Gasteiger partial charge in [0.2, 0.25) is 0 Å². The lowest BCUT2D eigenvalue weighted by atomic mass is 9.85. The third kappa shape index (κ3) is 3.25. The van der Waals surface area contributed by atoms with Crippen LogP contribution < -0.4 is 0 Å². The van der Waals surface area contributed by atoms with Crippen LogP contribution in [0.2, 0.25) is 0 Å². The van der Waals surface area contributed by atoms with Gasteiger partial charge in [0, 0.05) is 11.0 Å². The Morgan fingerprint density at radius 2 is 2.12 bits per heavy atom. The Bertz CT molecular complexity index is 364. The lowest BCUT2D eigenvalue weighted by Gasteiger charge is -2.34.